The van der Waals surface area contributed by atoms with E-state index < -0.39 is 13.9 Å². The Morgan fingerprint density at radius 3 is 2.05 bits per heavy atom. The second-order valence-corrected chi connectivity index (χ2v) is 12.2. The summed E-state index contributed by atoms with van der Waals surface area (Å²) in [7, 11) is -1.82. The monoisotopic (exact) mass is 310 g/mol. The molecule has 120 valence electrons. The molecule has 0 saturated carbocycles. The van der Waals surface area contributed by atoms with Gasteiger partial charge in [0.2, 0.25) is 0 Å². The van der Waals surface area contributed by atoms with Gasteiger partial charge in [0.25, 0.3) is 0 Å². The number of benzene rings is 1. The van der Waals surface area contributed by atoms with Crippen molar-refractivity contribution in [3.05, 3.63) is 35.4 Å². The molecular weight excluding hydrogens is 280 g/mol. The minimum absolute atomic E-state index is 0.147. The first-order valence-electron chi connectivity index (χ1n) is 7.56. The third-order valence-electron chi connectivity index (χ3n) is 4.64. The van der Waals surface area contributed by atoms with Crippen molar-refractivity contribution >= 4 is 8.32 Å². The number of aliphatic hydroxyl groups excluding tert-OH is 1. The Labute approximate surface area is 130 Å². The molecule has 0 aliphatic rings. The van der Waals surface area contributed by atoms with Crippen LogP contribution in [0.5, 0.6) is 0 Å². The van der Waals surface area contributed by atoms with Gasteiger partial charge in [0, 0.05) is 13.0 Å². The number of hydrogen-bond acceptors (Lipinski definition) is 3. The summed E-state index contributed by atoms with van der Waals surface area (Å²) in [6.45, 7) is 13.1. The zero-order valence-corrected chi connectivity index (χ0v) is 15.2. The molecular formula is C17H30O3Si. The number of aryl methyl sites for hydroxylation is 1. The first-order chi connectivity index (χ1) is 9.52. The van der Waals surface area contributed by atoms with Crippen LogP contribution in [0.15, 0.2) is 24.3 Å². The molecule has 1 atom stereocenters. The fourth-order valence-electron chi connectivity index (χ4n) is 1.87. The molecule has 0 aliphatic heterocycles. The van der Waals surface area contributed by atoms with Crippen LogP contribution >= 0.6 is 0 Å². The lowest BCUT2D eigenvalue weighted by molar-refractivity contribution is -0.0355. The van der Waals surface area contributed by atoms with Crippen LogP contribution in [-0.2, 0) is 10.0 Å². The van der Waals surface area contributed by atoms with Crippen LogP contribution in [0.4, 0.5) is 0 Å². The van der Waals surface area contributed by atoms with Crippen LogP contribution in [0.2, 0.25) is 18.1 Å². The average molecular weight is 311 g/mol. The van der Waals surface area contributed by atoms with Gasteiger partial charge in [-0.05, 0) is 30.6 Å². The number of aliphatic hydroxyl groups is 2. The Bertz CT molecular complexity index is 448. The van der Waals surface area contributed by atoms with E-state index in [9.17, 15) is 10.2 Å². The van der Waals surface area contributed by atoms with Gasteiger partial charge in [-0.3, -0.25) is 0 Å². The minimum Gasteiger partial charge on any atom is -0.417 e. The molecule has 0 fully saturated rings. The Morgan fingerprint density at radius 1 is 1.10 bits per heavy atom. The van der Waals surface area contributed by atoms with Crippen molar-refractivity contribution in [1.29, 1.82) is 0 Å². The van der Waals surface area contributed by atoms with E-state index in [1.807, 2.05) is 31.2 Å². The summed E-state index contributed by atoms with van der Waals surface area (Å²) < 4.78 is 6.10. The summed E-state index contributed by atoms with van der Waals surface area (Å²) in [5.41, 5.74) is 0.654. The Morgan fingerprint density at radius 2 is 1.62 bits per heavy atom. The summed E-state index contributed by atoms with van der Waals surface area (Å²) in [5.74, 6) is 0. The van der Waals surface area contributed by atoms with Gasteiger partial charge in [-0.1, -0.05) is 50.6 Å². The van der Waals surface area contributed by atoms with Crippen molar-refractivity contribution in [3.8, 4) is 0 Å². The van der Waals surface area contributed by atoms with Gasteiger partial charge in [-0.25, -0.2) is 0 Å². The molecule has 0 aliphatic carbocycles. The highest BCUT2D eigenvalue weighted by molar-refractivity contribution is 6.74. The smallest absolute Gasteiger partial charge is 0.191 e. The van der Waals surface area contributed by atoms with E-state index in [-0.39, 0.29) is 11.6 Å². The van der Waals surface area contributed by atoms with Crippen molar-refractivity contribution in [2.75, 3.05) is 13.2 Å². The van der Waals surface area contributed by atoms with Crippen molar-refractivity contribution in [2.45, 2.75) is 57.8 Å². The highest BCUT2D eigenvalue weighted by Crippen LogP contribution is 2.37. The van der Waals surface area contributed by atoms with Gasteiger partial charge < -0.3 is 14.6 Å². The van der Waals surface area contributed by atoms with E-state index >= 15 is 0 Å². The molecule has 1 rings (SSSR count). The maximum atomic E-state index is 10.7. The molecule has 0 unspecified atom stereocenters. The van der Waals surface area contributed by atoms with E-state index in [1.165, 1.54) is 0 Å². The van der Waals surface area contributed by atoms with E-state index in [2.05, 4.69) is 33.9 Å². The highest BCUT2D eigenvalue weighted by atomic mass is 28.4. The molecule has 2 N–H and O–H groups in total. The maximum absolute atomic E-state index is 10.7. The molecule has 0 amide bonds. The Balaban J connectivity index is 2.73. The largest absolute Gasteiger partial charge is 0.417 e. The molecule has 4 heteroatoms. The second-order valence-electron chi connectivity index (χ2n) is 7.41. The lowest BCUT2D eigenvalue weighted by Gasteiger charge is -2.37. The Hall–Kier alpha value is -0.683. The maximum Gasteiger partial charge on any atom is 0.191 e. The van der Waals surface area contributed by atoms with Crippen LogP contribution < -0.4 is 0 Å². The lowest BCUT2D eigenvalue weighted by Crippen LogP contribution is -2.42. The molecule has 0 radical (unpaired) electrons. The van der Waals surface area contributed by atoms with Gasteiger partial charge in [0.1, 0.15) is 5.60 Å². The molecule has 0 heterocycles. The quantitative estimate of drug-likeness (QED) is 0.790. The fourth-order valence-corrected chi connectivity index (χ4v) is 2.92. The molecule has 0 spiro atoms. The Kier molecular flexibility index (Phi) is 5.78. The van der Waals surface area contributed by atoms with Gasteiger partial charge in [-0.2, -0.15) is 0 Å². The molecule has 0 aromatic heterocycles. The zero-order chi connectivity index (χ0) is 16.3. The van der Waals surface area contributed by atoms with Crippen LogP contribution in [0.25, 0.3) is 0 Å². The SMILES string of the molecule is Cc1ccc([C@@](O)(CO)CCO[Si](C)(C)C(C)(C)C)cc1. The van der Waals surface area contributed by atoms with Crippen molar-refractivity contribution in [3.63, 3.8) is 0 Å². The minimum atomic E-state index is -1.82. The van der Waals surface area contributed by atoms with Crippen molar-refractivity contribution in [1.82, 2.24) is 0 Å². The van der Waals surface area contributed by atoms with Crippen molar-refractivity contribution < 1.29 is 14.6 Å². The van der Waals surface area contributed by atoms with Gasteiger partial charge in [0.15, 0.2) is 8.32 Å². The third kappa shape index (κ3) is 4.64. The van der Waals surface area contributed by atoms with Gasteiger partial charge in [-0.15, -0.1) is 0 Å². The van der Waals surface area contributed by atoms with Crippen LogP contribution in [-0.4, -0.2) is 31.7 Å². The van der Waals surface area contributed by atoms with Gasteiger partial charge in [0.05, 0.1) is 6.61 Å². The number of rotatable bonds is 6. The lowest BCUT2D eigenvalue weighted by atomic mass is 9.91. The van der Waals surface area contributed by atoms with Gasteiger partial charge >= 0.3 is 0 Å². The third-order valence-corrected chi connectivity index (χ3v) is 9.17. The predicted molar refractivity (Wildman–Crippen MR) is 89.9 cm³/mol. The molecule has 1 aromatic carbocycles. The highest BCUT2D eigenvalue weighted by Gasteiger charge is 2.38. The van der Waals surface area contributed by atoms with Crippen LogP contribution in [0, 0.1) is 6.92 Å². The molecule has 3 nitrogen and oxygen atoms in total. The summed E-state index contributed by atoms with van der Waals surface area (Å²) in [4.78, 5) is 0. The van der Waals surface area contributed by atoms with Crippen molar-refractivity contribution in [2.24, 2.45) is 0 Å². The van der Waals surface area contributed by atoms with Crippen LogP contribution in [0.3, 0.4) is 0 Å². The first-order valence-corrected chi connectivity index (χ1v) is 10.5. The average Bonchev–Trinajstić information content (AvgIpc) is 2.37. The zero-order valence-electron chi connectivity index (χ0n) is 14.2. The molecule has 0 saturated heterocycles. The van der Waals surface area contributed by atoms with E-state index in [0.717, 1.165) is 11.1 Å². The fraction of sp³-hybridized carbons (Fsp3) is 0.647. The number of hydrogen-bond donors (Lipinski definition) is 2. The predicted octanol–water partition coefficient (Wildman–Crippen LogP) is 3.59. The summed E-state index contributed by atoms with van der Waals surface area (Å²) >= 11 is 0. The standard InChI is InChI=1S/C17H30O3Si/c1-14-7-9-15(10-8-14)17(19,13-18)11-12-20-21(5,6)16(2,3)4/h7-10,18-19H,11-13H2,1-6H3/t17-/m0/s1. The topological polar surface area (TPSA) is 49.7 Å². The van der Waals surface area contributed by atoms with E-state index in [0.29, 0.717) is 13.0 Å². The normalized spacial score (nSPS) is 15.8. The van der Waals surface area contributed by atoms with E-state index in [4.69, 9.17) is 4.43 Å². The van der Waals surface area contributed by atoms with E-state index in [1.54, 1.807) is 0 Å². The summed E-state index contributed by atoms with van der Waals surface area (Å²) in [6, 6.07) is 7.64. The second kappa shape index (κ2) is 6.61. The van der Waals surface area contributed by atoms with Crippen LogP contribution in [0.1, 0.15) is 38.3 Å². The first kappa shape index (κ1) is 18.4. The summed E-state index contributed by atoms with van der Waals surface area (Å²) in [5, 5.41) is 20.4. The molecule has 0 bridgehead atoms. The summed E-state index contributed by atoms with van der Waals surface area (Å²) in [6.07, 6.45) is 0.402. The molecule has 1 aromatic rings. The molecule has 21 heavy (non-hydrogen) atoms.